The highest BCUT2D eigenvalue weighted by molar-refractivity contribution is 5.72. The van der Waals surface area contributed by atoms with Gasteiger partial charge in [-0.05, 0) is 24.5 Å². The van der Waals surface area contributed by atoms with Crippen molar-refractivity contribution >= 4 is 5.97 Å². The van der Waals surface area contributed by atoms with Crippen LogP contribution < -0.4 is 4.74 Å². The van der Waals surface area contributed by atoms with Crippen LogP contribution in [0.1, 0.15) is 36.2 Å². The van der Waals surface area contributed by atoms with Gasteiger partial charge in [-0.1, -0.05) is 18.2 Å². The summed E-state index contributed by atoms with van der Waals surface area (Å²) in [6.07, 6.45) is 2.98. The molecule has 23 heavy (non-hydrogen) atoms. The molecule has 0 spiro atoms. The first-order chi connectivity index (χ1) is 11.3. The van der Waals surface area contributed by atoms with Crippen molar-refractivity contribution in [2.45, 2.75) is 38.3 Å². The van der Waals surface area contributed by atoms with Crippen LogP contribution in [0.25, 0.3) is 0 Å². The lowest BCUT2D eigenvalue weighted by molar-refractivity contribution is -0.145. The fourth-order valence-electron chi connectivity index (χ4n) is 3.48. The Morgan fingerprint density at radius 2 is 2.17 bits per heavy atom. The number of carbonyl (C=O) groups excluding carboxylic acids is 1. The number of nitrogens with zero attached hydrogens (tertiary/aromatic N) is 3. The number of ether oxygens (including phenoxy) is 2. The van der Waals surface area contributed by atoms with Gasteiger partial charge >= 0.3 is 5.97 Å². The number of carbonyl (C=O) groups is 1. The van der Waals surface area contributed by atoms with Crippen molar-refractivity contribution in [1.29, 1.82) is 0 Å². The number of aryl methyl sites for hydroxylation is 1. The summed E-state index contributed by atoms with van der Waals surface area (Å²) < 4.78 is 13.0. The van der Waals surface area contributed by atoms with Crippen molar-refractivity contribution in [1.82, 2.24) is 14.8 Å². The molecular weight excluding hydrogens is 294 g/mol. The van der Waals surface area contributed by atoms with E-state index in [9.17, 15) is 4.79 Å². The molecule has 0 saturated carbocycles. The minimum atomic E-state index is -0.130. The van der Waals surface area contributed by atoms with Crippen molar-refractivity contribution in [2.75, 3.05) is 7.11 Å². The number of hydrogen-bond donors (Lipinski definition) is 0. The van der Waals surface area contributed by atoms with E-state index >= 15 is 0 Å². The van der Waals surface area contributed by atoms with Gasteiger partial charge in [-0.15, -0.1) is 10.2 Å². The molecule has 4 rings (SSSR count). The number of benzene rings is 1. The number of methoxy groups -OCH3 is 1. The third-order valence-electron chi connectivity index (χ3n) is 4.74. The molecule has 6 nitrogen and oxygen atoms in total. The quantitative estimate of drug-likeness (QED) is 0.794. The van der Waals surface area contributed by atoms with Crippen LogP contribution in [0.2, 0.25) is 0 Å². The lowest BCUT2D eigenvalue weighted by atomic mass is 10.0. The first kappa shape index (κ1) is 14.2. The molecule has 2 aliphatic heterocycles. The number of esters is 1. The zero-order valence-corrected chi connectivity index (χ0v) is 13.1. The second-order valence-electron chi connectivity index (χ2n) is 6.09. The number of rotatable bonds is 2. The number of fused-ring (bicyclic) bond motifs is 2. The van der Waals surface area contributed by atoms with Crippen LogP contribution in [0.3, 0.4) is 0 Å². The molecule has 0 amide bonds. The Morgan fingerprint density at radius 3 is 3.00 bits per heavy atom. The van der Waals surface area contributed by atoms with E-state index in [0.29, 0.717) is 0 Å². The summed E-state index contributed by atoms with van der Waals surface area (Å²) in [4.78, 5) is 11.8. The molecule has 1 aromatic heterocycles. The molecule has 2 unspecified atom stereocenters. The molecule has 2 atom stereocenters. The van der Waals surface area contributed by atoms with Gasteiger partial charge in [0, 0.05) is 19.4 Å². The summed E-state index contributed by atoms with van der Waals surface area (Å²) in [7, 11) is 1.45. The Balaban J connectivity index is 1.56. The van der Waals surface area contributed by atoms with Gasteiger partial charge in [0.15, 0.2) is 11.9 Å². The van der Waals surface area contributed by atoms with E-state index in [4.69, 9.17) is 9.47 Å². The molecule has 0 N–H and O–H groups in total. The Hall–Kier alpha value is -2.37. The van der Waals surface area contributed by atoms with E-state index in [0.717, 1.165) is 49.6 Å². The van der Waals surface area contributed by atoms with Crippen LogP contribution >= 0.6 is 0 Å². The van der Waals surface area contributed by atoms with Crippen LogP contribution in [-0.2, 0) is 28.9 Å². The van der Waals surface area contributed by atoms with Crippen molar-refractivity contribution in [3.63, 3.8) is 0 Å². The van der Waals surface area contributed by atoms with Crippen LogP contribution in [0, 0.1) is 5.92 Å². The van der Waals surface area contributed by atoms with Crippen LogP contribution in [0.4, 0.5) is 0 Å². The molecule has 6 heteroatoms. The summed E-state index contributed by atoms with van der Waals surface area (Å²) in [6.45, 7) is 0.730. The summed E-state index contributed by atoms with van der Waals surface area (Å²) in [5.41, 5.74) is 1.20. The van der Waals surface area contributed by atoms with Gasteiger partial charge in [-0.25, -0.2) is 0 Å². The van der Waals surface area contributed by atoms with E-state index in [2.05, 4.69) is 20.8 Å². The standard InChI is InChI=1S/C17H19N3O3/c1-22-17(21)11-6-7-15-18-19-16(20(15)9-8-11)14-10-12-4-2-3-5-13(12)23-14/h2-5,11,14H,6-10H2,1H3. The molecule has 3 heterocycles. The molecule has 0 radical (unpaired) electrons. The summed E-state index contributed by atoms with van der Waals surface area (Å²) >= 11 is 0. The van der Waals surface area contributed by atoms with Gasteiger partial charge < -0.3 is 14.0 Å². The Bertz CT molecular complexity index is 715. The zero-order chi connectivity index (χ0) is 15.8. The molecule has 0 aliphatic carbocycles. The first-order valence-electron chi connectivity index (χ1n) is 8.00. The highest BCUT2D eigenvalue weighted by Gasteiger charge is 2.32. The largest absolute Gasteiger partial charge is 0.482 e. The van der Waals surface area contributed by atoms with E-state index in [1.165, 1.54) is 12.7 Å². The van der Waals surface area contributed by atoms with Crippen molar-refractivity contribution in [3.8, 4) is 5.75 Å². The lowest BCUT2D eigenvalue weighted by Crippen LogP contribution is -2.18. The van der Waals surface area contributed by atoms with Gasteiger partial charge in [0.1, 0.15) is 11.6 Å². The van der Waals surface area contributed by atoms with Crippen LogP contribution in [-0.4, -0.2) is 27.8 Å². The topological polar surface area (TPSA) is 66.2 Å². The Morgan fingerprint density at radius 1 is 1.30 bits per heavy atom. The Kier molecular flexibility index (Phi) is 3.52. The summed E-state index contributed by atoms with van der Waals surface area (Å²) in [5, 5.41) is 8.69. The minimum Gasteiger partial charge on any atom is -0.482 e. The molecule has 0 saturated heterocycles. The first-order valence-corrected chi connectivity index (χ1v) is 8.00. The lowest BCUT2D eigenvalue weighted by Gasteiger charge is -2.14. The van der Waals surface area contributed by atoms with Crippen molar-refractivity contribution < 1.29 is 14.3 Å². The Labute approximate surface area is 134 Å². The summed E-state index contributed by atoms with van der Waals surface area (Å²) in [6, 6.07) is 8.08. The molecule has 2 aliphatic rings. The van der Waals surface area contributed by atoms with Gasteiger partial charge in [-0.2, -0.15) is 0 Å². The van der Waals surface area contributed by atoms with E-state index in [-0.39, 0.29) is 18.0 Å². The molecule has 2 aromatic rings. The van der Waals surface area contributed by atoms with Gasteiger partial charge in [0.05, 0.1) is 13.0 Å². The second-order valence-corrected chi connectivity index (χ2v) is 6.09. The maximum atomic E-state index is 11.8. The SMILES string of the molecule is COC(=O)C1CCc2nnc(C3Cc4ccccc4O3)n2CC1. The average molecular weight is 313 g/mol. The monoisotopic (exact) mass is 313 g/mol. The predicted molar refractivity (Wildman–Crippen MR) is 82.0 cm³/mol. The molecular formula is C17H19N3O3. The predicted octanol–water partition coefficient (Wildman–Crippen LogP) is 2.08. The molecule has 1 aromatic carbocycles. The van der Waals surface area contributed by atoms with Crippen molar-refractivity contribution in [3.05, 3.63) is 41.5 Å². The average Bonchev–Trinajstić information content (AvgIpc) is 3.12. The van der Waals surface area contributed by atoms with Crippen LogP contribution in [0.5, 0.6) is 5.75 Å². The fraction of sp³-hybridized carbons (Fsp3) is 0.471. The summed E-state index contributed by atoms with van der Waals surface area (Å²) in [5.74, 6) is 2.54. The maximum absolute atomic E-state index is 11.8. The van der Waals surface area contributed by atoms with Gasteiger partial charge in [0.25, 0.3) is 0 Å². The third-order valence-corrected chi connectivity index (χ3v) is 4.74. The normalized spacial score (nSPS) is 22.7. The van der Waals surface area contributed by atoms with E-state index in [1.54, 1.807) is 0 Å². The molecule has 120 valence electrons. The van der Waals surface area contributed by atoms with Crippen molar-refractivity contribution in [2.24, 2.45) is 5.92 Å². The minimum absolute atomic E-state index is 0.0590. The van der Waals surface area contributed by atoms with E-state index < -0.39 is 0 Å². The zero-order valence-electron chi connectivity index (χ0n) is 13.1. The van der Waals surface area contributed by atoms with E-state index in [1.807, 2.05) is 18.2 Å². The highest BCUT2D eigenvalue weighted by atomic mass is 16.5. The maximum Gasteiger partial charge on any atom is 0.308 e. The number of para-hydroxylation sites is 1. The second kappa shape index (κ2) is 5.68. The smallest absolute Gasteiger partial charge is 0.308 e. The van der Waals surface area contributed by atoms with Crippen LogP contribution in [0.15, 0.2) is 24.3 Å². The highest BCUT2D eigenvalue weighted by Crippen LogP contribution is 2.36. The third kappa shape index (κ3) is 2.48. The fourth-order valence-corrected chi connectivity index (χ4v) is 3.48. The van der Waals surface area contributed by atoms with Gasteiger partial charge in [0.2, 0.25) is 0 Å². The number of aromatic nitrogens is 3. The van der Waals surface area contributed by atoms with Gasteiger partial charge in [-0.3, -0.25) is 4.79 Å². The number of hydrogen-bond acceptors (Lipinski definition) is 5. The molecule has 0 fully saturated rings. The molecule has 0 bridgehead atoms.